The van der Waals surface area contributed by atoms with Crippen LogP contribution in [0.15, 0.2) is 0 Å². The second kappa shape index (κ2) is 10.5. The van der Waals surface area contributed by atoms with Gasteiger partial charge in [0.05, 0.1) is 19.1 Å². The van der Waals surface area contributed by atoms with Crippen molar-refractivity contribution in [1.82, 2.24) is 0 Å². The quantitative estimate of drug-likeness (QED) is 0.383. The van der Waals surface area contributed by atoms with Crippen molar-refractivity contribution in [3.05, 3.63) is 0 Å². The van der Waals surface area contributed by atoms with Crippen LogP contribution in [-0.2, 0) is 19.4 Å². The monoisotopic (exact) mass is 260 g/mol. The van der Waals surface area contributed by atoms with Crippen molar-refractivity contribution < 1.29 is 32.2 Å². The van der Waals surface area contributed by atoms with Crippen molar-refractivity contribution in [2.24, 2.45) is 0 Å². The molecule has 0 saturated heterocycles. The van der Waals surface area contributed by atoms with Gasteiger partial charge >= 0.3 is 16.4 Å². The fourth-order valence-electron chi connectivity index (χ4n) is 0.593. The van der Waals surface area contributed by atoms with Gasteiger partial charge in [0.2, 0.25) is 0 Å². The normalized spacial score (nSPS) is 12.1. The van der Waals surface area contributed by atoms with Gasteiger partial charge in [-0.2, -0.15) is 8.42 Å². The Morgan fingerprint density at radius 1 is 1.33 bits per heavy atom. The molecule has 0 saturated carbocycles. The number of rotatable bonds is 6. The molecule has 0 rings (SSSR count). The van der Waals surface area contributed by atoms with Crippen LogP contribution in [0.2, 0.25) is 0 Å². The van der Waals surface area contributed by atoms with Crippen LogP contribution in [0.4, 0.5) is 0 Å². The summed E-state index contributed by atoms with van der Waals surface area (Å²) >= 11 is 0. The van der Waals surface area contributed by atoms with Crippen molar-refractivity contribution >= 4 is 75.5 Å². The second-order valence-corrected chi connectivity index (χ2v) is 3.38. The van der Waals surface area contributed by atoms with Gasteiger partial charge in [0.25, 0.3) is 0 Å². The predicted molar refractivity (Wildman–Crippen MR) is 51.9 cm³/mol. The van der Waals surface area contributed by atoms with E-state index in [0.29, 0.717) is 0 Å². The first kappa shape index (κ1) is 21.6. The summed E-state index contributed by atoms with van der Waals surface area (Å²) in [7, 11) is -4.51. The summed E-state index contributed by atoms with van der Waals surface area (Å²) in [4.78, 5) is 10.0. The molecular formula is C5H10Na2O7S. The van der Waals surface area contributed by atoms with E-state index in [0.717, 1.165) is 0 Å². The standard InChI is InChI=1S/C5H10O7S.2Na/c6-4(3-5(7)8)1-2-12-13(9,10)11;;/h4,6H,1-3H2,(H,7,8)(H,9,10,11);;. The molecule has 0 spiro atoms. The topological polar surface area (TPSA) is 121 Å². The molecule has 0 amide bonds. The van der Waals surface area contributed by atoms with E-state index in [1.807, 2.05) is 0 Å². The third-order valence-corrected chi connectivity index (χ3v) is 1.56. The molecule has 0 fully saturated rings. The zero-order valence-electron chi connectivity index (χ0n) is 8.58. The molecule has 0 aliphatic rings. The number of carboxylic acids is 1. The molecule has 0 heterocycles. The van der Waals surface area contributed by atoms with E-state index in [9.17, 15) is 13.2 Å². The number of carboxylic acid groups (broad SMARTS) is 1. The summed E-state index contributed by atoms with van der Waals surface area (Å²) in [5.74, 6) is -1.20. The number of hydrogen-bond donors (Lipinski definition) is 3. The van der Waals surface area contributed by atoms with Gasteiger partial charge in [-0.1, -0.05) is 0 Å². The van der Waals surface area contributed by atoms with Gasteiger partial charge in [-0.15, -0.1) is 0 Å². The van der Waals surface area contributed by atoms with Gasteiger partial charge in [-0.25, -0.2) is 4.18 Å². The first-order valence-corrected chi connectivity index (χ1v) is 4.69. The largest absolute Gasteiger partial charge is 0.481 e. The minimum atomic E-state index is -4.51. The molecule has 7 nitrogen and oxygen atoms in total. The van der Waals surface area contributed by atoms with Crippen LogP contribution in [0.3, 0.4) is 0 Å². The van der Waals surface area contributed by atoms with Crippen LogP contribution in [0, 0.1) is 0 Å². The van der Waals surface area contributed by atoms with Crippen LogP contribution in [0.5, 0.6) is 0 Å². The Labute approximate surface area is 132 Å². The number of aliphatic hydroxyl groups is 1. The summed E-state index contributed by atoms with van der Waals surface area (Å²) in [6.07, 6.45) is -1.85. The third-order valence-electron chi connectivity index (χ3n) is 1.09. The second-order valence-electron chi connectivity index (χ2n) is 2.29. The fraction of sp³-hybridized carbons (Fsp3) is 0.800. The van der Waals surface area contributed by atoms with Gasteiger partial charge in [0, 0.05) is 59.1 Å². The van der Waals surface area contributed by atoms with E-state index in [4.69, 9.17) is 14.8 Å². The molecule has 0 aromatic carbocycles. The van der Waals surface area contributed by atoms with E-state index >= 15 is 0 Å². The molecule has 1 unspecified atom stereocenters. The molecule has 0 bridgehead atoms. The maximum atomic E-state index is 10.0. The van der Waals surface area contributed by atoms with Crippen molar-refractivity contribution in [2.45, 2.75) is 18.9 Å². The SMILES string of the molecule is O=C(O)CC(O)CCOS(=O)(=O)O.[Na].[Na]. The number of carbonyl (C=O) groups is 1. The number of aliphatic hydroxyl groups excluding tert-OH is 1. The number of aliphatic carboxylic acids is 1. The average Bonchev–Trinajstić information content (AvgIpc) is 1.81. The average molecular weight is 260 g/mol. The van der Waals surface area contributed by atoms with Crippen LogP contribution in [0.25, 0.3) is 0 Å². The smallest absolute Gasteiger partial charge is 0.397 e. The first-order chi connectivity index (χ1) is 5.81. The third kappa shape index (κ3) is 17.9. The molecule has 3 N–H and O–H groups in total. The summed E-state index contributed by atoms with van der Waals surface area (Å²) in [6.45, 7) is -0.451. The molecule has 15 heavy (non-hydrogen) atoms. The Hall–Kier alpha value is 1.30. The van der Waals surface area contributed by atoms with E-state index in [-0.39, 0.29) is 65.5 Å². The van der Waals surface area contributed by atoms with E-state index < -0.39 is 35.5 Å². The molecule has 0 aromatic heterocycles. The predicted octanol–water partition coefficient (Wildman–Crippen LogP) is -1.73. The summed E-state index contributed by atoms with van der Waals surface area (Å²) in [6, 6.07) is 0. The molecule has 2 radical (unpaired) electrons. The minimum Gasteiger partial charge on any atom is -0.481 e. The fourth-order valence-corrected chi connectivity index (χ4v) is 0.900. The Morgan fingerprint density at radius 2 is 1.80 bits per heavy atom. The summed E-state index contributed by atoms with van der Waals surface area (Å²) < 4.78 is 31.9. The molecule has 0 aliphatic heterocycles. The van der Waals surface area contributed by atoms with Gasteiger partial charge in [0.1, 0.15) is 0 Å². The van der Waals surface area contributed by atoms with Crippen molar-refractivity contribution in [2.75, 3.05) is 6.61 Å². The zero-order chi connectivity index (χ0) is 10.5. The Morgan fingerprint density at radius 3 is 2.13 bits per heavy atom. The zero-order valence-corrected chi connectivity index (χ0v) is 13.4. The van der Waals surface area contributed by atoms with Gasteiger partial charge in [-0.3, -0.25) is 9.35 Å². The first-order valence-electron chi connectivity index (χ1n) is 3.33. The molecular weight excluding hydrogens is 250 g/mol. The van der Waals surface area contributed by atoms with Gasteiger partial charge in [-0.05, 0) is 6.42 Å². The van der Waals surface area contributed by atoms with E-state index in [1.165, 1.54) is 0 Å². The van der Waals surface area contributed by atoms with Crippen LogP contribution in [0.1, 0.15) is 12.8 Å². The van der Waals surface area contributed by atoms with Crippen molar-refractivity contribution in [1.29, 1.82) is 0 Å². The van der Waals surface area contributed by atoms with E-state index in [1.54, 1.807) is 0 Å². The molecule has 1 atom stereocenters. The Balaban J connectivity index is -0.000000720. The van der Waals surface area contributed by atoms with Gasteiger partial charge < -0.3 is 10.2 Å². The van der Waals surface area contributed by atoms with Gasteiger partial charge in [0.15, 0.2) is 0 Å². The molecule has 10 heteroatoms. The summed E-state index contributed by atoms with van der Waals surface area (Å²) in [5, 5.41) is 17.1. The van der Waals surface area contributed by atoms with Crippen molar-refractivity contribution in [3.8, 4) is 0 Å². The Kier molecular flexibility index (Phi) is 15.0. The summed E-state index contributed by atoms with van der Waals surface area (Å²) in [5.41, 5.74) is 0. The van der Waals surface area contributed by atoms with Crippen LogP contribution in [-0.4, -0.2) is 101 Å². The van der Waals surface area contributed by atoms with Crippen LogP contribution < -0.4 is 0 Å². The van der Waals surface area contributed by atoms with Crippen molar-refractivity contribution in [3.63, 3.8) is 0 Å². The minimum absolute atomic E-state index is 0. The van der Waals surface area contributed by atoms with Crippen LogP contribution >= 0.6 is 0 Å². The molecule has 0 aliphatic carbocycles. The molecule has 80 valence electrons. The number of hydrogen-bond acceptors (Lipinski definition) is 5. The maximum Gasteiger partial charge on any atom is 0.397 e. The maximum absolute atomic E-state index is 10.0. The van der Waals surface area contributed by atoms with E-state index in [2.05, 4.69) is 4.18 Å². The molecule has 0 aromatic rings. The Bertz CT molecular complexity index is 265.